The van der Waals surface area contributed by atoms with Crippen LogP contribution in [0.25, 0.3) is 0 Å². The Kier molecular flexibility index (Phi) is 7.59. The number of halogens is 1. The van der Waals surface area contributed by atoms with Crippen molar-refractivity contribution in [2.75, 3.05) is 14.2 Å². The zero-order valence-electron chi connectivity index (χ0n) is 17.3. The molecule has 1 aromatic carbocycles. The third kappa shape index (κ3) is 5.92. The molecule has 8 heteroatoms. The van der Waals surface area contributed by atoms with Crippen LogP contribution in [-0.2, 0) is 25.5 Å². The van der Waals surface area contributed by atoms with Crippen molar-refractivity contribution in [3.8, 4) is 5.75 Å². The monoisotopic (exact) mass is 408 g/mol. The number of carbonyl (C=O) groups is 3. The van der Waals surface area contributed by atoms with E-state index in [0.29, 0.717) is 30.6 Å². The standard InChI is InChI=1S/C21H29FN2O5/c1-13(2)19(20(27)29-4)23-17(25)7-9-21(10-8-18(26)24-21)12-14-5-6-15(28-3)11-16(14)22/h5-6,11,13,19H,7-10,12H2,1-4H3,(H,23,25)(H,24,26)/t19-,21+/m0/s1. The van der Waals surface area contributed by atoms with E-state index in [9.17, 15) is 18.8 Å². The Labute approximate surface area is 170 Å². The highest BCUT2D eigenvalue weighted by Crippen LogP contribution is 2.31. The molecule has 1 heterocycles. The summed E-state index contributed by atoms with van der Waals surface area (Å²) in [5.74, 6) is -1.06. The van der Waals surface area contributed by atoms with Crippen molar-refractivity contribution in [2.45, 2.75) is 57.5 Å². The van der Waals surface area contributed by atoms with Crippen LogP contribution in [0.4, 0.5) is 4.39 Å². The minimum atomic E-state index is -0.736. The third-order valence-electron chi connectivity index (χ3n) is 5.29. The van der Waals surface area contributed by atoms with Gasteiger partial charge in [0, 0.05) is 24.4 Å². The smallest absolute Gasteiger partial charge is 0.328 e. The lowest BCUT2D eigenvalue weighted by Gasteiger charge is -2.30. The average molecular weight is 408 g/mol. The summed E-state index contributed by atoms with van der Waals surface area (Å²) in [6.45, 7) is 3.63. The number of esters is 1. The summed E-state index contributed by atoms with van der Waals surface area (Å²) in [4.78, 5) is 36.2. The second-order valence-electron chi connectivity index (χ2n) is 7.77. The zero-order valence-corrected chi connectivity index (χ0v) is 17.3. The lowest BCUT2D eigenvalue weighted by Crippen LogP contribution is -2.47. The number of ether oxygens (including phenoxy) is 2. The van der Waals surface area contributed by atoms with E-state index in [1.165, 1.54) is 20.3 Å². The van der Waals surface area contributed by atoms with E-state index in [0.717, 1.165) is 0 Å². The van der Waals surface area contributed by atoms with Gasteiger partial charge in [0.05, 0.1) is 14.2 Å². The van der Waals surface area contributed by atoms with Gasteiger partial charge in [-0.1, -0.05) is 19.9 Å². The molecule has 2 atom stereocenters. The summed E-state index contributed by atoms with van der Waals surface area (Å²) in [6, 6.07) is 3.86. The van der Waals surface area contributed by atoms with Crippen molar-refractivity contribution in [3.63, 3.8) is 0 Å². The number of hydrogen-bond acceptors (Lipinski definition) is 5. The van der Waals surface area contributed by atoms with Gasteiger partial charge in [0.25, 0.3) is 0 Å². The van der Waals surface area contributed by atoms with Crippen molar-refractivity contribution in [1.29, 1.82) is 0 Å². The topological polar surface area (TPSA) is 93.7 Å². The van der Waals surface area contributed by atoms with Gasteiger partial charge in [0.15, 0.2) is 0 Å². The van der Waals surface area contributed by atoms with Gasteiger partial charge in [-0.3, -0.25) is 9.59 Å². The van der Waals surface area contributed by atoms with Gasteiger partial charge >= 0.3 is 5.97 Å². The molecule has 1 fully saturated rings. The first-order chi connectivity index (χ1) is 13.7. The number of rotatable bonds is 9. The molecule has 0 aromatic heterocycles. The van der Waals surface area contributed by atoms with E-state index < -0.39 is 23.4 Å². The lowest BCUT2D eigenvalue weighted by molar-refractivity contribution is -0.146. The number of carbonyl (C=O) groups excluding carboxylic acids is 3. The number of methoxy groups -OCH3 is 2. The highest BCUT2D eigenvalue weighted by Gasteiger charge is 2.39. The van der Waals surface area contributed by atoms with Crippen LogP contribution in [0.15, 0.2) is 18.2 Å². The van der Waals surface area contributed by atoms with E-state index in [-0.39, 0.29) is 30.6 Å². The molecule has 2 rings (SSSR count). The van der Waals surface area contributed by atoms with Crippen molar-refractivity contribution >= 4 is 17.8 Å². The molecular weight excluding hydrogens is 379 g/mol. The SMILES string of the molecule is COC(=O)[C@@H](NC(=O)CC[C@]1(Cc2ccc(OC)cc2F)CCC(=O)N1)C(C)C. The number of hydrogen-bond donors (Lipinski definition) is 2. The average Bonchev–Trinajstić information content (AvgIpc) is 3.06. The van der Waals surface area contributed by atoms with Gasteiger partial charge in [-0.15, -0.1) is 0 Å². The van der Waals surface area contributed by atoms with Crippen molar-refractivity contribution in [2.24, 2.45) is 5.92 Å². The molecule has 0 unspecified atom stereocenters. The molecule has 0 aliphatic carbocycles. The van der Waals surface area contributed by atoms with Crippen molar-refractivity contribution in [1.82, 2.24) is 10.6 Å². The minimum Gasteiger partial charge on any atom is -0.497 e. The molecule has 1 aliphatic rings. The third-order valence-corrected chi connectivity index (χ3v) is 5.29. The van der Waals surface area contributed by atoms with E-state index >= 15 is 0 Å². The lowest BCUT2D eigenvalue weighted by atomic mass is 9.84. The Morgan fingerprint density at radius 3 is 2.55 bits per heavy atom. The molecule has 1 aromatic rings. The van der Waals surface area contributed by atoms with E-state index in [4.69, 9.17) is 9.47 Å². The summed E-state index contributed by atoms with van der Waals surface area (Å²) in [5, 5.41) is 5.62. The molecule has 2 N–H and O–H groups in total. The van der Waals surface area contributed by atoms with Gasteiger partial charge in [0.2, 0.25) is 11.8 Å². The Morgan fingerprint density at radius 1 is 1.31 bits per heavy atom. The predicted molar refractivity (Wildman–Crippen MR) is 105 cm³/mol. The van der Waals surface area contributed by atoms with Crippen LogP contribution in [0.3, 0.4) is 0 Å². The van der Waals surface area contributed by atoms with Gasteiger partial charge in [-0.05, 0) is 36.8 Å². The summed E-state index contributed by atoms with van der Waals surface area (Å²) < 4.78 is 24.2. The highest BCUT2D eigenvalue weighted by molar-refractivity contribution is 5.85. The molecule has 1 saturated heterocycles. The van der Waals surface area contributed by atoms with E-state index in [1.54, 1.807) is 12.1 Å². The molecule has 1 aliphatic heterocycles. The highest BCUT2D eigenvalue weighted by atomic mass is 19.1. The Balaban J connectivity index is 2.08. The van der Waals surface area contributed by atoms with Crippen molar-refractivity contribution in [3.05, 3.63) is 29.6 Å². The number of nitrogens with one attached hydrogen (secondary N) is 2. The number of amides is 2. The van der Waals surface area contributed by atoms with Crippen LogP contribution >= 0.6 is 0 Å². The quantitative estimate of drug-likeness (QED) is 0.611. The van der Waals surface area contributed by atoms with E-state index in [2.05, 4.69) is 10.6 Å². The molecular formula is C21H29FN2O5. The second-order valence-corrected chi connectivity index (χ2v) is 7.77. The van der Waals surface area contributed by atoms with Crippen LogP contribution in [0, 0.1) is 11.7 Å². The first-order valence-corrected chi connectivity index (χ1v) is 9.70. The first-order valence-electron chi connectivity index (χ1n) is 9.70. The predicted octanol–water partition coefficient (Wildman–Crippen LogP) is 2.12. The van der Waals surface area contributed by atoms with Crippen LogP contribution in [0.5, 0.6) is 5.75 Å². The maximum absolute atomic E-state index is 14.4. The van der Waals surface area contributed by atoms with Crippen LogP contribution in [-0.4, -0.2) is 43.6 Å². The van der Waals surface area contributed by atoms with Gasteiger partial charge < -0.3 is 20.1 Å². The fourth-order valence-corrected chi connectivity index (χ4v) is 3.57. The van der Waals surface area contributed by atoms with Crippen LogP contribution in [0.1, 0.15) is 45.1 Å². The van der Waals surface area contributed by atoms with Crippen LogP contribution in [0.2, 0.25) is 0 Å². The second kappa shape index (κ2) is 9.71. The molecule has 0 saturated carbocycles. The fraction of sp³-hybridized carbons (Fsp3) is 0.571. The summed E-state index contributed by atoms with van der Waals surface area (Å²) in [6.07, 6.45) is 1.54. The molecule has 0 radical (unpaired) electrons. The zero-order chi connectivity index (χ0) is 21.6. The first kappa shape index (κ1) is 22.6. The molecule has 160 valence electrons. The molecule has 7 nitrogen and oxygen atoms in total. The summed E-state index contributed by atoms with van der Waals surface area (Å²) in [7, 11) is 2.74. The largest absolute Gasteiger partial charge is 0.497 e. The van der Waals surface area contributed by atoms with Gasteiger partial charge in [-0.25, -0.2) is 9.18 Å². The summed E-state index contributed by atoms with van der Waals surface area (Å²) in [5.41, 5.74) is -0.259. The molecule has 29 heavy (non-hydrogen) atoms. The molecule has 2 amide bonds. The minimum absolute atomic E-state index is 0.0955. The maximum atomic E-state index is 14.4. The Morgan fingerprint density at radius 2 is 2.03 bits per heavy atom. The maximum Gasteiger partial charge on any atom is 0.328 e. The van der Waals surface area contributed by atoms with Gasteiger partial charge in [-0.2, -0.15) is 0 Å². The summed E-state index contributed by atoms with van der Waals surface area (Å²) >= 11 is 0. The van der Waals surface area contributed by atoms with Crippen molar-refractivity contribution < 1.29 is 28.2 Å². The molecule has 0 spiro atoms. The Bertz CT molecular complexity index is 767. The van der Waals surface area contributed by atoms with Gasteiger partial charge in [0.1, 0.15) is 17.6 Å². The number of benzene rings is 1. The van der Waals surface area contributed by atoms with Crippen LogP contribution < -0.4 is 15.4 Å². The Hall–Kier alpha value is -2.64. The molecule has 0 bridgehead atoms. The fourth-order valence-electron chi connectivity index (χ4n) is 3.57. The normalized spacial score (nSPS) is 19.6. The van der Waals surface area contributed by atoms with E-state index in [1.807, 2.05) is 13.8 Å².